The molecule has 0 radical (unpaired) electrons. The van der Waals surface area contributed by atoms with Crippen molar-refractivity contribution in [1.82, 2.24) is 0 Å². The maximum atomic E-state index is 2.44. The van der Waals surface area contributed by atoms with Crippen LogP contribution in [0, 0.1) is 0 Å². The first-order valence-corrected chi connectivity index (χ1v) is 12.7. The molecule has 0 aliphatic rings. The molecule has 1 rings (SSSR count). The van der Waals surface area contributed by atoms with Gasteiger partial charge in [-0.2, -0.15) is 11.3 Å². The summed E-state index contributed by atoms with van der Waals surface area (Å²) < 4.78 is 0. The zero-order valence-electron chi connectivity index (χ0n) is 9.56. The lowest BCUT2D eigenvalue weighted by Crippen LogP contribution is -2.54. The van der Waals surface area contributed by atoms with Crippen LogP contribution in [0.1, 0.15) is 0 Å². The van der Waals surface area contributed by atoms with Gasteiger partial charge in [-0.1, -0.05) is 49.7 Å². The molecule has 1 aromatic heterocycles. The molecule has 0 aliphatic heterocycles. The van der Waals surface area contributed by atoms with Gasteiger partial charge in [-0.3, -0.25) is 0 Å². The van der Waals surface area contributed by atoms with Gasteiger partial charge >= 0.3 is 0 Å². The summed E-state index contributed by atoms with van der Waals surface area (Å²) >= 11 is 1.89. The van der Waals surface area contributed by atoms with E-state index in [1.807, 2.05) is 11.3 Å². The third-order valence-corrected chi connectivity index (χ3v) is 7.75. The molecule has 0 saturated heterocycles. The molecule has 0 unspecified atom stereocenters. The van der Waals surface area contributed by atoms with Crippen molar-refractivity contribution in [3.8, 4) is 0 Å². The molecule has 0 spiro atoms. The quantitative estimate of drug-likeness (QED) is 0.683. The Morgan fingerprint density at radius 2 is 1.08 bits per heavy atom. The van der Waals surface area contributed by atoms with Crippen molar-refractivity contribution in [3.63, 3.8) is 0 Å². The predicted octanol–water partition coefficient (Wildman–Crippen LogP) is 2.84. The Hall–Kier alpha value is 0.134. The third-order valence-electron chi connectivity index (χ3n) is 2.28. The molecule has 0 atom stereocenters. The van der Waals surface area contributed by atoms with Gasteiger partial charge in [0.1, 0.15) is 0 Å². The highest BCUT2D eigenvalue weighted by Crippen LogP contribution is 2.09. The van der Waals surface area contributed by atoms with Crippen LogP contribution in [0.3, 0.4) is 0 Å². The molecule has 0 fully saturated rings. The summed E-state index contributed by atoms with van der Waals surface area (Å²) in [5.41, 5.74) is 0. The van der Waals surface area contributed by atoms with E-state index in [1.165, 1.54) is 0 Å². The lowest BCUT2D eigenvalue weighted by Gasteiger charge is -2.24. The minimum absolute atomic E-state index is 1.09. The molecule has 0 bridgehead atoms. The van der Waals surface area contributed by atoms with Gasteiger partial charge in [-0.25, -0.2) is 0 Å². The Bertz CT molecular complexity index is 260. The van der Waals surface area contributed by atoms with E-state index in [-0.39, 0.29) is 0 Å². The van der Waals surface area contributed by atoms with Gasteiger partial charge in [-0.05, 0) is 10.8 Å². The highest BCUT2D eigenvalue weighted by atomic mass is 32.1. The second-order valence-electron chi connectivity index (χ2n) is 5.70. The van der Waals surface area contributed by atoms with Crippen molar-refractivity contribution < 1.29 is 0 Å². The van der Waals surface area contributed by atoms with E-state index in [9.17, 15) is 0 Å². The Morgan fingerprint density at radius 1 is 0.769 bits per heavy atom. The normalized spacial score (nSPS) is 13.4. The molecule has 1 heterocycles. The van der Waals surface area contributed by atoms with Gasteiger partial charge < -0.3 is 0 Å². The summed E-state index contributed by atoms with van der Waals surface area (Å²) in [6, 6.07) is 0. The first-order valence-electron chi connectivity index (χ1n) is 4.80. The van der Waals surface area contributed by atoms with E-state index in [0.717, 1.165) is 0 Å². The highest BCUT2D eigenvalue weighted by Gasteiger charge is 2.27. The molecule has 13 heavy (non-hydrogen) atoms. The molecule has 0 aromatic carbocycles. The summed E-state index contributed by atoms with van der Waals surface area (Å²) in [7, 11) is -2.18. The van der Waals surface area contributed by atoms with Crippen molar-refractivity contribution in [3.05, 3.63) is 10.8 Å². The average Bonchev–Trinajstić information content (AvgIpc) is 2.27. The number of hydrogen-bond donors (Lipinski definition) is 0. The topological polar surface area (TPSA) is 0 Å². The minimum atomic E-state index is -1.09. The molecular formula is C10H20SSi2. The molecule has 0 nitrogen and oxygen atoms in total. The smallest absolute Gasteiger partial charge is 0.0785 e. The monoisotopic (exact) mass is 228 g/mol. The fraction of sp³-hybridized carbons (Fsp3) is 0.600. The van der Waals surface area contributed by atoms with Gasteiger partial charge in [-0.15, -0.1) is 0 Å². The maximum absolute atomic E-state index is 2.44. The Balaban J connectivity index is 3.19. The summed E-state index contributed by atoms with van der Waals surface area (Å²) in [5, 5.41) is 8.19. The van der Waals surface area contributed by atoms with Crippen molar-refractivity contribution in [2.24, 2.45) is 0 Å². The number of hydrogen-bond acceptors (Lipinski definition) is 1. The molecule has 1 aromatic rings. The zero-order chi connectivity index (χ0) is 10.3. The molecule has 3 heteroatoms. The van der Waals surface area contributed by atoms with Gasteiger partial charge in [0, 0.05) is 0 Å². The van der Waals surface area contributed by atoms with Crippen LogP contribution in [-0.4, -0.2) is 16.1 Å². The van der Waals surface area contributed by atoms with Gasteiger partial charge in [0.2, 0.25) is 0 Å². The van der Waals surface area contributed by atoms with E-state index in [2.05, 4.69) is 50.0 Å². The Kier molecular flexibility index (Phi) is 2.90. The standard InChI is InChI=1S/C10H20SSi2/c1-12(2,3)9-7-11-8-10(9)13(4,5)6/h7-8H,1-6H3. The van der Waals surface area contributed by atoms with E-state index in [0.29, 0.717) is 0 Å². The Morgan fingerprint density at radius 3 is 1.31 bits per heavy atom. The van der Waals surface area contributed by atoms with E-state index in [1.54, 1.807) is 10.4 Å². The van der Waals surface area contributed by atoms with E-state index >= 15 is 0 Å². The van der Waals surface area contributed by atoms with E-state index in [4.69, 9.17) is 0 Å². The third kappa shape index (κ3) is 2.54. The summed E-state index contributed by atoms with van der Waals surface area (Å²) in [4.78, 5) is 0. The highest BCUT2D eigenvalue weighted by molar-refractivity contribution is 7.14. The van der Waals surface area contributed by atoms with Crippen LogP contribution < -0.4 is 10.4 Å². The SMILES string of the molecule is C[Si](C)(C)c1cscc1[Si](C)(C)C. The predicted molar refractivity (Wildman–Crippen MR) is 70.3 cm³/mol. The molecule has 0 amide bonds. The fourth-order valence-corrected chi connectivity index (χ4v) is 9.51. The maximum Gasteiger partial charge on any atom is 0.0785 e. The zero-order valence-corrected chi connectivity index (χ0v) is 12.4. The average molecular weight is 229 g/mol. The van der Waals surface area contributed by atoms with Crippen LogP contribution in [0.2, 0.25) is 39.3 Å². The second-order valence-corrected chi connectivity index (χ2v) is 16.5. The van der Waals surface area contributed by atoms with Crippen LogP contribution in [0.15, 0.2) is 10.8 Å². The fourth-order valence-electron chi connectivity index (χ4n) is 1.46. The molecule has 0 aliphatic carbocycles. The van der Waals surface area contributed by atoms with Gasteiger partial charge in [0.05, 0.1) is 16.1 Å². The first-order chi connectivity index (χ1) is 5.73. The lowest BCUT2D eigenvalue weighted by molar-refractivity contribution is 1.73. The van der Waals surface area contributed by atoms with Crippen LogP contribution in [-0.2, 0) is 0 Å². The van der Waals surface area contributed by atoms with Gasteiger partial charge in [0.15, 0.2) is 0 Å². The van der Waals surface area contributed by atoms with Crippen LogP contribution in [0.25, 0.3) is 0 Å². The van der Waals surface area contributed by atoms with Crippen molar-refractivity contribution in [2.75, 3.05) is 0 Å². The first kappa shape index (κ1) is 11.2. The summed E-state index contributed by atoms with van der Waals surface area (Å²) in [6.07, 6.45) is 0. The lowest BCUT2D eigenvalue weighted by atomic mass is 10.6. The van der Waals surface area contributed by atoms with Crippen LogP contribution >= 0.6 is 11.3 Å². The molecule has 0 saturated carbocycles. The van der Waals surface area contributed by atoms with Crippen LogP contribution in [0.5, 0.6) is 0 Å². The Labute approximate surface area is 88.0 Å². The number of thiophene rings is 1. The largest absolute Gasteiger partial charge is 0.153 e. The van der Waals surface area contributed by atoms with Crippen molar-refractivity contribution in [2.45, 2.75) is 39.3 Å². The molecular weight excluding hydrogens is 208 g/mol. The molecule has 0 N–H and O–H groups in total. The summed E-state index contributed by atoms with van der Waals surface area (Å²) in [6.45, 7) is 14.7. The van der Waals surface area contributed by atoms with Crippen LogP contribution in [0.4, 0.5) is 0 Å². The van der Waals surface area contributed by atoms with E-state index < -0.39 is 16.1 Å². The number of rotatable bonds is 2. The second kappa shape index (κ2) is 3.37. The van der Waals surface area contributed by atoms with Crippen molar-refractivity contribution >= 4 is 37.9 Å². The van der Waals surface area contributed by atoms with Gasteiger partial charge in [0.25, 0.3) is 0 Å². The molecule has 74 valence electrons. The minimum Gasteiger partial charge on any atom is -0.153 e. The van der Waals surface area contributed by atoms with Crippen molar-refractivity contribution in [1.29, 1.82) is 0 Å². The summed E-state index contributed by atoms with van der Waals surface area (Å²) in [5.74, 6) is 0.